The summed E-state index contributed by atoms with van der Waals surface area (Å²) >= 11 is 0. The first kappa shape index (κ1) is 18.8. The minimum atomic E-state index is -4.41. The number of benzene rings is 2. The van der Waals surface area contributed by atoms with Crippen molar-refractivity contribution in [3.8, 4) is 17.6 Å². The standard InChI is InChI=1S/C21H18F3NO2/c22-21(23,24)16-7-1-4-14(12-16)5-3-11-25-20(27)19-8-2-6-15-13-17(26)9-10-18(15)19/h1,4,7,9-10,12-13,19,26H,2,6,8,11H2,(H,25,27). The number of hydrogen-bond donors (Lipinski definition) is 2. The first-order chi connectivity index (χ1) is 12.8. The summed E-state index contributed by atoms with van der Waals surface area (Å²) in [5.74, 6) is 5.05. The molecule has 1 unspecified atom stereocenters. The number of hydrogen-bond acceptors (Lipinski definition) is 2. The zero-order valence-corrected chi connectivity index (χ0v) is 14.4. The molecule has 3 nitrogen and oxygen atoms in total. The molecule has 1 atom stereocenters. The SMILES string of the molecule is O=C(NCC#Cc1cccc(C(F)(F)F)c1)C1CCCc2cc(O)ccc21. The average molecular weight is 373 g/mol. The summed E-state index contributed by atoms with van der Waals surface area (Å²) in [6.45, 7) is 0.0546. The third-order valence-corrected chi connectivity index (χ3v) is 4.53. The van der Waals surface area contributed by atoms with Crippen LogP contribution in [0.5, 0.6) is 5.75 Å². The Kier molecular flexibility index (Phi) is 5.41. The molecule has 6 heteroatoms. The van der Waals surface area contributed by atoms with Gasteiger partial charge in [0.1, 0.15) is 5.75 Å². The molecule has 0 aliphatic heterocycles. The van der Waals surface area contributed by atoms with Gasteiger partial charge in [-0.1, -0.05) is 24.0 Å². The lowest BCUT2D eigenvalue weighted by atomic mass is 9.82. The van der Waals surface area contributed by atoms with E-state index in [1.807, 2.05) is 0 Å². The summed E-state index contributed by atoms with van der Waals surface area (Å²) in [6.07, 6.45) is -2.02. The minimum absolute atomic E-state index is 0.0546. The summed E-state index contributed by atoms with van der Waals surface area (Å²) in [6, 6.07) is 9.79. The van der Waals surface area contributed by atoms with Crippen LogP contribution in [0.2, 0.25) is 0 Å². The number of amides is 1. The van der Waals surface area contributed by atoms with Crippen molar-refractivity contribution < 1.29 is 23.1 Å². The van der Waals surface area contributed by atoms with Crippen molar-refractivity contribution >= 4 is 5.91 Å². The molecule has 0 radical (unpaired) electrons. The Bertz CT molecular complexity index is 910. The van der Waals surface area contributed by atoms with Gasteiger partial charge < -0.3 is 10.4 Å². The first-order valence-electron chi connectivity index (χ1n) is 8.60. The number of alkyl halides is 3. The fraction of sp³-hybridized carbons (Fsp3) is 0.286. The molecule has 0 aromatic heterocycles. The number of halogens is 3. The molecular weight excluding hydrogens is 355 g/mol. The second-order valence-corrected chi connectivity index (χ2v) is 6.43. The van der Waals surface area contributed by atoms with Gasteiger partial charge in [-0.15, -0.1) is 0 Å². The molecule has 140 valence electrons. The lowest BCUT2D eigenvalue weighted by Gasteiger charge is -2.24. The van der Waals surface area contributed by atoms with E-state index in [9.17, 15) is 23.1 Å². The molecule has 1 aliphatic rings. The third-order valence-electron chi connectivity index (χ3n) is 4.53. The molecule has 2 N–H and O–H groups in total. The number of fused-ring (bicyclic) bond motifs is 1. The van der Waals surface area contributed by atoms with Crippen LogP contribution >= 0.6 is 0 Å². The Labute approximate surface area is 155 Å². The van der Waals surface area contributed by atoms with Gasteiger partial charge in [0.05, 0.1) is 18.0 Å². The van der Waals surface area contributed by atoms with Crippen molar-refractivity contribution in [2.24, 2.45) is 0 Å². The van der Waals surface area contributed by atoms with Crippen molar-refractivity contribution in [1.29, 1.82) is 0 Å². The van der Waals surface area contributed by atoms with Gasteiger partial charge in [0.25, 0.3) is 0 Å². The third kappa shape index (κ3) is 4.62. The lowest BCUT2D eigenvalue weighted by Crippen LogP contribution is -2.31. The molecule has 0 heterocycles. The van der Waals surface area contributed by atoms with Crippen LogP contribution in [-0.4, -0.2) is 17.6 Å². The van der Waals surface area contributed by atoms with Crippen molar-refractivity contribution in [3.63, 3.8) is 0 Å². The minimum Gasteiger partial charge on any atom is -0.508 e. The zero-order valence-electron chi connectivity index (χ0n) is 14.4. The van der Waals surface area contributed by atoms with Gasteiger partial charge >= 0.3 is 6.18 Å². The Morgan fingerprint density at radius 1 is 1.22 bits per heavy atom. The van der Waals surface area contributed by atoms with Gasteiger partial charge in [0.15, 0.2) is 0 Å². The highest BCUT2D eigenvalue weighted by Crippen LogP contribution is 2.33. The van der Waals surface area contributed by atoms with Crippen LogP contribution in [0.3, 0.4) is 0 Å². The smallest absolute Gasteiger partial charge is 0.416 e. The Balaban J connectivity index is 1.63. The van der Waals surface area contributed by atoms with Crippen LogP contribution < -0.4 is 5.32 Å². The predicted octanol–water partition coefficient (Wildman–Crippen LogP) is 4.00. The summed E-state index contributed by atoms with van der Waals surface area (Å²) < 4.78 is 38.1. The van der Waals surface area contributed by atoms with Gasteiger partial charge in [-0.05, 0) is 60.7 Å². The lowest BCUT2D eigenvalue weighted by molar-refractivity contribution is -0.137. The average Bonchev–Trinajstić information content (AvgIpc) is 2.64. The van der Waals surface area contributed by atoms with E-state index < -0.39 is 11.7 Å². The van der Waals surface area contributed by atoms with E-state index in [0.29, 0.717) is 6.42 Å². The van der Waals surface area contributed by atoms with E-state index in [0.717, 1.165) is 36.1 Å². The van der Waals surface area contributed by atoms with Crippen LogP contribution in [0.4, 0.5) is 13.2 Å². The van der Waals surface area contributed by atoms with Gasteiger partial charge in [0.2, 0.25) is 5.91 Å². The molecule has 0 saturated carbocycles. The fourth-order valence-corrected chi connectivity index (χ4v) is 3.25. The van der Waals surface area contributed by atoms with E-state index in [1.54, 1.807) is 18.2 Å². The summed E-state index contributed by atoms with van der Waals surface area (Å²) in [7, 11) is 0. The van der Waals surface area contributed by atoms with Crippen molar-refractivity contribution in [2.75, 3.05) is 6.54 Å². The molecule has 2 aromatic carbocycles. The maximum atomic E-state index is 12.7. The molecule has 0 fully saturated rings. The Morgan fingerprint density at radius 3 is 2.81 bits per heavy atom. The Hall–Kier alpha value is -2.94. The van der Waals surface area contributed by atoms with E-state index in [1.165, 1.54) is 12.1 Å². The van der Waals surface area contributed by atoms with Gasteiger partial charge in [-0.3, -0.25) is 4.79 Å². The molecule has 0 bridgehead atoms. The normalized spacial score (nSPS) is 16.0. The number of carbonyl (C=O) groups excluding carboxylic acids is 1. The van der Waals surface area contributed by atoms with E-state index in [2.05, 4.69) is 17.2 Å². The quantitative estimate of drug-likeness (QED) is 0.782. The van der Waals surface area contributed by atoms with E-state index in [-0.39, 0.29) is 29.7 Å². The maximum Gasteiger partial charge on any atom is 0.416 e. The summed E-state index contributed by atoms with van der Waals surface area (Å²) in [5.41, 5.74) is 1.37. The number of phenols is 1. The zero-order chi connectivity index (χ0) is 19.4. The topological polar surface area (TPSA) is 49.3 Å². The van der Waals surface area contributed by atoms with Crippen molar-refractivity contribution in [1.82, 2.24) is 5.32 Å². The van der Waals surface area contributed by atoms with Crippen molar-refractivity contribution in [2.45, 2.75) is 31.4 Å². The van der Waals surface area contributed by atoms with Crippen LogP contribution in [0, 0.1) is 11.8 Å². The van der Waals surface area contributed by atoms with Crippen LogP contribution in [0.15, 0.2) is 42.5 Å². The van der Waals surface area contributed by atoms with Crippen LogP contribution in [-0.2, 0) is 17.4 Å². The molecular formula is C21H18F3NO2. The van der Waals surface area contributed by atoms with E-state index in [4.69, 9.17) is 0 Å². The van der Waals surface area contributed by atoms with E-state index >= 15 is 0 Å². The first-order valence-corrected chi connectivity index (χ1v) is 8.60. The second-order valence-electron chi connectivity index (χ2n) is 6.43. The molecule has 1 amide bonds. The number of carbonyl (C=O) groups is 1. The highest BCUT2D eigenvalue weighted by Gasteiger charge is 2.30. The number of phenolic OH excluding ortho intramolecular Hbond substituents is 1. The van der Waals surface area contributed by atoms with Crippen LogP contribution in [0.25, 0.3) is 0 Å². The molecule has 0 saturated heterocycles. The number of rotatable bonds is 2. The monoisotopic (exact) mass is 373 g/mol. The fourth-order valence-electron chi connectivity index (χ4n) is 3.25. The molecule has 0 spiro atoms. The molecule has 2 aromatic rings. The highest BCUT2D eigenvalue weighted by molar-refractivity contribution is 5.84. The van der Waals surface area contributed by atoms with Gasteiger partial charge in [-0.25, -0.2) is 0 Å². The number of aromatic hydroxyl groups is 1. The number of aryl methyl sites for hydroxylation is 1. The van der Waals surface area contributed by atoms with Gasteiger partial charge in [0, 0.05) is 5.56 Å². The Morgan fingerprint density at radius 2 is 2.04 bits per heavy atom. The van der Waals surface area contributed by atoms with Gasteiger partial charge in [-0.2, -0.15) is 13.2 Å². The highest BCUT2D eigenvalue weighted by atomic mass is 19.4. The second kappa shape index (κ2) is 7.75. The maximum absolute atomic E-state index is 12.7. The summed E-state index contributed by atoms with van der Waals surface area (Å²) in [4.78, 5) is 12.5. The predicted molar refractivity (Wildman–Crippen MR) is 95.1 cm³/mol. The van der Waals surface area contributed by atoms with Crippen molar-refractivity contribution in [3.05, 3.63) is 64.7 Å². The molecule has 1 aliphatic carbocycles. The number of nitrogens with one attached hydrogen (secondary N) is 1. The van der Waals surface area contributed by atoms with Crippen LogP contribution in [0.1, 0.15) is 41.0 Å². The largest absolute Gasteiger partial charge is 0.508 e. The molecule has 27 heavy (non-hydrogen) atoms. The summed E-state index contributed by atoms with van der Waals surface area (Å²) in [5, 5.41) is 12.3. The molecule has 3 rings (SSSR count).